The van der Waals surface area contributed by atoms with Crippen LogP contribution in [0.1, 0.15) is 60.0 Å². The van der Waals surface area contributed by atoms with Crippen LogP contribution < -0.4 is 14.4 Å². The van der Waals surface area contributed by atoms with E-state index < -0.39 is 33.9 Å². The van der Waals surface area contributed by atoms with Gasteiger partial charge in [0, 0.05) is 29.1 Å². The Bertz CT molecular complexity index is 1460. The number of nitrogens with one attached hydrogen (secondary N) is 1. The van der Waals surface area contributed by atoms with Crippen molar-refractivity contribution in [2.75, 3.05) is 31.2 Å². The summed E-state index contributed by atoms with van der Waals surface area (Å²) >= 11 is 6.36. The molecule has 3 N–H and O–H groups in total. The molecular weight excluding hydrogens is 564 g/mol. The lowest BCUT2D eigenvalue weighted by atomic mass is 9.68. The zero-order valence-electron chi connectivity index (χ0n) is 23.0. The van der Waals surface area contributed by atoms with Crippen LogP contribution in [0, 0.1) is 11.8 Å². The summed E-state index contributed by atoms with van der Waals surface area (Å²) in [6.07, 6.45) is 8.22. The average molecular weight is 601 g/mol. The third kappa shape index (κ3) is 5.49. The minimum atomic E-state index is -4.12. The summed E-state index contributed by atoms with van der Waals surface area (Å²) in [4.78, 5) is 15.5. The highest BCUT2D eigenvalue weighted by Crippen LogP contribution is 2.46. The molecule has 10 heteroatoms. The molecule has 41 heavy (non-hydrogen) atoms. The van der Waals surface area contributed by atoms with E-state index in [0.717, 1.165) is 42.8 Å². The minimum Gasteiger partial charge on any atom is -0.490 e. The first-order chi connectivity index (χ1) is 19.7. The summed E-state index contributed by atoms with van der Waals surface area (Å²) in [6, 6.07) is 11.2. The highest BCUT2D eigenvalue weighted by molar-refractivity contribution is 7.90. The Balaban J connectivity index is 1.42. The minimum absolute atomic E-state index is 0.0871. The standard InChI is InChI=1S/C31H37ClN2O6S/c32-23-9-11-26-20(14-23)4-3-13-31(26)18-34-16-22-7-10-25(22)28(36)6-2-1-5-24(17-35)41(38,39)33-30(37)21-8-12-29(40-19-31)27(34)15-21/h2,6,8-9,11-12,14-15,22,24-25,28,35-36H,1,3-5,7,10,13,16-19H2,(H,33,37)/b6-2+/t22-,24-,25+,28-,31-/m0/s1. The largest absolute Gasteiger partial charge is 0.490 e. The van der Waals surface area contributed by atoms with Gasteiger partial charge in [-0.2, -0.15) is 0 Å². The summed E-state index contributed by atoms with van der Waals surface area (Å²) < 4.78 is 34.6. The number of halogens is 1. The van der Waals surface area contributed by atoms with Crippen molar-refractivity contribution in [2.24, 2.45) is 11.8 Å². The number of hydrogen-bond donors (Lipinski definition) is 3. The van der Waals surface area contributed by atoms with Gasteiger partial charge in [0.1, 0.15) is 11.0 Å². The topological polar surface area (TPSA) is 116 Å². The van der Waals surface area contributed by atoms with Crippen LogP contribution in [0.5, 0.6) is 5.75 Å². The van der Waals surface area contributed by atoms with E-state index in [2.05, 4.69) is 21.8 Å². The van der Waals surface area contributed by atoms with Crippen molar-refractivity contribution >= 4 is 33.2 Å². The van der Waals surface area contributed by atoms with E-state index in [1.165, 1.54) is 11.1 Å². The van der Waals surface area contributed by atoms with Crippen LogP contribution in [0.3, 0.4) is 0 Å². The first-order valence-electron chi connectivity index (χ1n) is 14.5. The van der Waals surface area contributed by atoms with Crippen molar-refractivity contribution in [2.45, 2.75) is 61.7 Å². The SMILES string of the molecule is O=C1NS(=O)(=O)[C@H](CO)CC/C=C/[C@H](O)[C@@H]2CC[C@H]2CN2C[C@@]3(CCCc4cc(Cl)ccc43)COc3ccc1cc32. The van der Waals surface area contributed by atoms with E-state index in [1.54, 1.807) is 30.4 Å². The molecule has 220 valence electrons. The van der Waals surface area contributed by atoms with Crippen LogP contribution in [-0.2, 0) is 21.9 Å². The molecule has 1 saturated carbocycles. The van der Waals surface area contributed by atoms with Gasteiger partial charge in [0.25, 0.3) is 5.91 Å². The lowest BCUT2D eigenvalue weighted by Crippen LogP contribution is -2.49. The van der Waals surface area contributed by atoms with Crippen LogP contribution in [0.4, 0.5) is 5.69 Å². The number of anilines is 1. The fourth-order valence-corrected chi connectivity index (χ4v) is 8.47. The van der Waals surface area contributed by atoms with Crippen LogP contribution >= 0.6 is 11.6 Å². The van der Waals surface area contributed by atoms with Crippen LogP contribution in [-0.4, -0.2) is 62.2 Å². The molecule has 1 amide bonds. The van der Waals surface area contributed by atoms with Crippen LogP contribution in [0.2, 0.25) is 5.02 Å². The number of carbonyl (C=O) groups excluding carboxylic acids is 1. The van der Waals surface area contributed by atoms with Crippen molar-refractivity contribution in [1.29, 1.82) is 0 Å². The Hall–Kier alpha value is -2.59. The van der Waals surface area contributed by atoms with Crippen LogP contribution in [0.15, 0.2) is 48.6 Å². The molecule has 0 unspecified atom stereocenters. The van der Waals surface area contributed by atoms with E-state index in [9.17, 15) is 23.4 Å². The summed E-state index contributed by atoms with van der Waals surface area (Å²) in [5, 5.41) is 20.4. The Kier molecular flexibility index (Phi) is 7.82. The van der Waals surface area contributed by atoms with Gasteiger partial charge >= 0.3 is 0 Å². The van der Waals surface area contributed by atoms with Crippen molar-refractivity contribution < 1.29 is 28.2 Å². The number of allylic oxidation sites excluding steroid dienone is 1. The Morgan fingerprint density at radius 3 is 2.78 bits per heavy atom. The smallest absolute Gasteiger partial charge is 0.264 e. The first kappa shape index (κ1) is 28.5. The third-order valence-electron chi connectivity index (χ3n) is 9.54. The molecule has 2 aliphatic heterocycles. The molecule has 0 aromatic heterocycles. The molecule has 2 bridgehead atoms. The Labute approximate surface area is 246 Å². The van der Waals surface area contributed by atoms with Crippen molar-refractivity contribution in [3.05, 3.63) is 70.3 Å². The molecule has 0 saturated heterocycles. The zero-order chi connectivity index (χ0) is 28.8. The molecular formula is C31H37ClN2O6S. The number of aliphatic hydroxyl groups excluding tert-OH is 2. The molecule has 2 heterocycles. The van der Waals surface area contributed by atoms with E-state index in [4.69, 9.17) is 16.3 Å². The molecule has 8 nitrogen and oxygen atoms in total. The maximum atomic E-state index is 13.2. The van der Waals surface area contributed by atoms with Gasteiger partial charge in [0.2, 0.25) is 10.0 Å². The van der Waals surface area contributed by atoms with Gasteiger partial charge in [-0.05, 0) is 98.2 Å². The van der Waals surface area contributed by atoms with E-state index >= 15 is 0 Å². The second-order valence-corrected chi connectivity index (χ2v) is 14.5. The molecule has 2 aromatic carbocycles. The van der Waals surface area contributed by atoms with Gasteiger partial charge in [0.05, 0.1) is 25.0 Å². The zero-order valence-corrected chi connectivity index (χ0v) is 24.5. The van der Waals surface area contributed by atoms with Gasteiger partial charge in [0.15, 0.2) is 0 Å². The van der Waals surface area contributed by atoms with Crippen molar-refractivity contribution in [3.63, 3.8) is 0 Å². The molecule has 1 fully saturated rings. The number of aliphatic hydroxyl groups is 2. The molecule has 2 aliphatic carbocycles. The predicted octanol–water partition coefficient (Wildman–Crippen LogP) is 3.97. The number of ether oxygens (including phenoxy) is 1. The summed E-state index contributed by atoms with van der Waals surface area (Å²) in [5.74, 6) is 0.251. The molecule has 6 rings (SSSR count). The highest BCUT2D eigenvalue weighted by atomic mass is 35.5. The average Bonchev–Trinajstić information content (AvgIpc) is 3.07. The number of sulfonamides is 1. The maximum absolute atomic E-state index is 13.2. The van der Waals surface area contributed by atoms with E-state index in [1.807, 2.05) is 6.07 Å². The van der Waals surface area contributed by atoms with Crippen molar-refractivity contribution in [3.8, 4) is 5.75 Å². The van der Waals surface area contributed by atoms with E-state index in [0.29, 0.717) is 31.9 Å². The number of rotatable bonds is 1. The highest BCUT2D eigenvalue weighted by Gasteiger charge is 2.44. The number of hydrogen-bond acceptors (Lipinski definition) is 7. The second-order valence-electron chi connectivity index (χ2n) is 12.1. The number of carbonyl (C=O) groups is 1. The number of amides is 1. The van der Waals surface area contributed by atoms with E-state index in [-0.39, 0.29) is 29.2 Å². The lowest BCUT2D eigenvalue weighted by Gasteiger charge is -2.45. The summed E-state index contributed by atoms with van der Waals surface area (Å²) in [6.45, 7) is 1.22. The predicted molar refractivity (Wildman–Crippen MR) is 158 cm³/mol. The molecule has 5 atom stereocenters. The molecule has 1 spiro atoms. The quantitative estimate of drug-likeness (QED) is 0.424. The van der Waals surface area contributed by atoms with Crippen LogP contribution in [0.25, 0.3) is 0 Å². The molecule has 4 aliphatic rings. The van der Waals surface area contributed by atoms with Gasteiger partial charge in [-0.15, -0.1) is 0 Å². The van der Waals surface area contributed by atoms with Crippen molar-refractivity contribution in [1.82, 2.24) is 4.72 Å². The van der Waals surface area contributed by atoms with Gasteiger partial charge < -0.3 is 19.8 Å². The Morgan fingerprint density at radius 2 is 2.00 bits per heavy atom. The Morgan fingerprint density at radius 1 is 1.15 bits per heavy atom. The summed E-state index contributed by atoms with van der Waals surface area (Å²) in [7, 11) is -4.12. The maximum Gasteiger partial charge on any atom is 0.264 e. The third-order valence-corrected chi connectivity index (χ3v) is 11.5. The number of benzene rings is 2. The fourth-order valence-electron chi connectivity index (χ4n) is 7.09. The molecule has 0 radical (unpaired) electrons. The monoisotopic (exact) mass is 600 g/mol. The van der Waals surface area contributed by atoms with Gasteiger partial charge in [-0.3, -0.25) is 4.79 Å². The molecule has 2 aromatic rings. The number of aryl methyl sites for hydroxylation is 1. The summed E-state index contributed by atoms with van der Waals surface area (Å²) in [5.41, 5.74) is 3.14. The van der Waals surface area contributed by atoms with Gasteiger partial charge in [-0.1, -0.05) is 29.8 Å². The van der Waals surface area contributed by atoms with Gasteiger partial charge in [-0.25, -0.2) is 13.1 Å². The fraction of sp³-hybridized carbons (Fsp3) is 0.516. The first-order valence-corrected chi connectivity index (χ1v) is 16.4. The number of fused-ring (bicyclic) bond motifs is 4. The second kappa shape index (κ2) is 11.2. The number of nitrogens with zero attached hydrogens (tertiary/aromatic N) is 1. The normalized spacial score (nSPS) is 32.0. The lowest BCUT2D eigenvalue weighted by molar-refractivity contribution is 0.0456.